The number of sulfonamides is 1. The number of nitrogens with zero attached hydrogens (tertiary/aromatic N) is 1. The molecule has 3 aromatic carbocycles. The standard InChI is InChI=1S/C30H28F5NO6S2/c1-41-20-6-2-18(3-7-20)16-36-26-12-14-29(44(39,40)21-8-4-19(5-9-21)30(33,34)35)23(22(26)13-15-43(36,37)38)17-42-28-25(32)11-10-24(31)27(28)29/h2-11,22-23,26H,12-17H2,1H3/t22-,23-,26+,29-/m0/s1. The number of methoxy groups -OCH3 is 1. The van der Waals surface area contributed by atoms with Crippen LogP contribution in [0.25, 0.3) is 0 Å². The van der Waals surface area contributed by atoms with E-state index >= 15 is 8.78 Å². The van der Waals surface area contributed by atoms with Crippen LogP contribution in [0.2, 0.25) is 0 Å². The molecule has 3 aliphatic rings. The van der Waals surface area contributed by atoms with Crippen LogP contribution in [-0.4, -0.2) is 46.7 Å². The maximum atomic E-state index is 15.7. The van der Waals surface area contributed by atoms with Crippen LogP contribution in [0.1, 0.15) is 36.0 Å². The van der Waals surface area contributed by atoms with Gasteiger partial charge in [-0.3, -0.25) is 0 Å². The van der Waals surface area contributed by atoms with E-state index in [-0.39, 0.29) is 38.2 Å². The van der Waals surface area contributed by atoms with E-state index in [1.807, 2.05) is 0 Å². The Morgan fingerprint density at radius 3 is 2.27 bits per heavy atom. The summed E-state index contributed by atoms with van der Waals surface area (Å²) in [6.07, 6.45) is -5.02. The summed E-state index contributed by atoms with van der Waals surface area (Å²) in [6.45, 7) is -0.357. The van der Waals surface area contributed by atoms with Gasteiger partial charge < -0.3 is 9.47 Å². The fourth-order valence-corrected chi connectivity index (χ4v) is 11.4. The first-order valence-corrected chi connectivity index (χ1v) is 17.0. The number of hydrogen-bond donors (Lipinski definition) is 0. The van der Waals surface area contributed by atoms with Gasteiger partial charge in [0.25, 0.3) is 0 Å². The van der Waals surface area contributed by atoms with Crippen LogP contribution in [0.15, 0.2) is 65.6 Å². The largest absolute Gasteiger partial charge is 0.497 e. The maximum Gasteiger partial charge on any atom is 0.416 e. The fraction of sp³-hybridized carbons (Fsp3) is 0.400. The summed E-state index contributed by atoms with van der Waals surface area (Å²) in [7, 11) is -6.97. The van der Waals surface area contributed by atoms with Crippen LogP contribution < -0.4 is 9.47 Å². The summed E-state index contributed by atoms with van der Waals surface area (Å²) in [5.74, 6) is -3.98. The highest BCUT2D eigenvalue weighted by Gasteiger charge is 2.64. The van der Waals surface area contributed by atoms with Crippen LogP contribution in [0.5, 0.6) is 11.5 Å². The first kappa shape index (κ1) is 30.8. The lowest BCUT2D eigenvalue weighted by atomic mass is 9.64. The third-order valence-electron chi connectivity index (χ3n) is 9.22. The first-order valence-electron chi connectivity index (χ1n) is 13.9. The number of alkyl halides is 3. The number of hydrogen-bond acceptors (Lipinski definition) is 6. The summed E-state index contributed by atoms with van der Waals surface area (Å²) in [6, 6.07) is 10.7. The Labute approximate surface area is 251 Å². The minimum Gasteiger partial charge on any atom is -0.497 e. The normalized spacial score (nSPS) is 26.5. The molecule has 1 saturated carbocycles. The number of sulfone groups is 1. The molecule has 44 heavy (non-hydrogen) atoms. The lowest BCUT2D eigenvalue weighted by molar-refractivity contribution is -0.137. The lowest BCUT2D eigenvalue weighted by Crippen LogP contribution is -2.63. The Morgan fingerprint density at radius 1 is 0.977 bits per heavy atom. The molecule has 6 rings (SSSR count). The van der Waals surface area contributed by atoms with Gasteiger partial charge in [0.15, 0.2) is 21.4 Å². The molecule has 0 aromatic heterocycles. The van der Waals surface area contributed by atoms with Crippen molar-refractivity contribution in [1.29, 1.82) is 0 Å². The number of halogens is 5. The van der Waals surface area contributed by atoms with Crippen LogP contribution in [-0.2, 0) is 37.3 Å². The molecule has 2 heterocycles. The second kappa shape index (κ2) is 10.7. The molecule has 2 fully saturated rings. The van der Waals surface area contributed by atoms with Crippen molar-refractivity contribution in [3.8, 4) is 11.5 Å². The molecule has 236 valence electrons. The van der Waals surface area contributed by atoms with Crippen molar-refractivity contribution in [3.63, 3.8) is 0 Å². The molecule has 2 aliphatic heterocycles. The van der Waals surface area contributed by atoms with Gasteiger partial charge in [-0.05, 0) is 79.3 Å². The van der Waals surface area contributed by atoms with Crippen LogP contribution in [0.3, 0.4) is 0 Å². The van der Waals surface area contributed by atoms with E-state index in [0.29, 0.717) is 23.4 Å². The molecule has 0 amide bonds. The molecule has 0 spiro atoms. The van der Waals surface area contributed by atoms with Gasteiger partial charge in [0.1, 0.15) is 16.3 Å². The maximum absolute atomic E-state index is 15.7. The van der Waals surface area contributed by atoms with E-state index in [2.05, 4.69) is 0 Å². The first-order chi connectivity index (χ1) is 20.7. The number of fused-ring (bicyclic) bond motifs is 5. The van der Waals surface area contributed by atoms with E-state index in [0.717, 1.165) is 24.3 Å². The van der Waals surface area contributed by atoms with Crippen molar-refractivity contribution in [1.82, 2.24) is 4.31 Å². The average molecular weight is 658 g/mol. The third kappa shape index (κ3) is 4.76. The van der Waals surface area contributed by atoms with Gasteiger partial charge in [0, 0.05) is 18.5 Å². The quantitative estimate of drug-likeness (QED) is 0.328. The Hall–Kier alpha value is -3.23. The molecular formula is C30H28F5NO6S2. The molecular weight excluding hydrogens is 629 g/mol. The van der Waals surface area contributed by atoms with Crippen molar-refractivity contribution < 1.29 is 48.3 Å². The SMILES string of the molecule is COc1ccc(CN2[C@@H]3CC[C@@]4(S(=O)(=O)c5ccc(C(F)(F)F)cc5)c5c(F)ccc(F)c5OC[C@H]4[C@@H]3CCS2(=O)=O)cc1. The zero-order valence-corrected chi connectivity index (χ0v) is 25.0. The zero-order valence-electron chi connectivity index (χ0n) is 23.4. The van der Waals surface area contributed by atoms with Gasteiger partial charge in [0.2, 0.25) is 10.0 Å². The van der Waals surface area contributed by atoms with Crippen molar-refractivity contribution in [2.75, 3.05) is 19.5 Å². The molecule has 4 atom stereocenters. The number of benzene rings is 3. The summed E-state index contributed by atoms with van der Waals surface area (Å²) in [5.41, 5.74) is -0.907. The Morgan fingerprint density at radius 2 is 1.64 bits per heavy atom. The molecule has 0 N–H and O–H groups in total. The van der Waals surface area contributed by atoms with E-state index in [1.54, 1.807) is 24.3 Å². The molecule has 0 unspecified atom stereocenters. The van der Waals surface area contributed by atoms with Gasteiger partial charge in [0.05, 0.1) is 35.5 Å². The Bertz CT molecular complexity index is 1800. The summed E-state index contributed by atoms with van der Waals surface area (Å²) in [5, 5.41) is 0. The highest BCUT2D eigenvalue weighted by molar-refractivity contribution is 7.92. The second-order valence-corrected chi connectivity index (χ2v) is 15.6. The van der Waals surface area contributed by atoms with Crippen molar-refractivity contribution in [2.45, 2.75) is 47.7 Å². The minimum atomic E-state index is -4.72. The van der Waals surface area contributed by atoms with E-state index in [9.17, 15) is 30.0 Å². The second-order valence-electron chi connectivity index (χ2n) is 11.3. The summed E-state index contributed by atoms with van der Waals surface area (Å²) < 4.78 is 137. The number of ether oxygens (including phenoxy) is 2. The van der Waals surface area contributed by atoms with Crippen molar-refractivity contribution in [2.24, 2.45) is 11.8 Å². The van der Waals surface area contributed by atoms with Gasteiger partial charge in [-0.25, -0.2) is 25.6 Å². The lowest BCUT2D eigenvalue weighted by Gasteiger charge is -2.56. The molecule has 7 nitrogen and oxygen atoms in total. The molecule has 1 aliphatic carbocycles. The summed E-state index contributed by atoms with van der Waals surface area (Å²) in [4.78, 5) is -0.482. The highest BCUT2D eigenvalue weighted by Crippen LogP contribution is 2.60. The highest BCUT2D eigenvalue weighted by atomic mass is 32.2. The molecule has 0 bridgehead atoms. The average Bonchev–Trinajstić information content (AvgIpc) is 2.99. The van der Waals surface area contributed by atoms with E-state index in [4.69, 9.17) is 9.47 Å². The van der Waals surface area contributed by atoms with Gasteiger partial charge >= 0.3 is 6.18 Å². The predicted octanol–water partition coefficient (Wildman–Crippen LogP) is 5.68. The Kier molecular flexibility index (Phi) is 7.48. The smallest absolute Gasteiger partial charge is 0.416 e. The third-order valence-corrected chi connectivity index (χ3v) is 13.6. The molecule has 0 radical (unpaired) electrons. The molecule has 1 saturated heterocycles. The van der Waals surface area contributed by atoms with E-state index in [1.165, 1.54) is 11.4 Å². The monoisotopic (exact) mass is 657 g/mol. The number of rotatable bonds is 5. The van der Waals surface area contributed by atoms with Gasteiger partial charge in [-0.15, -0.1) is 0 Å². The van der Waals surface area contributed by atoms with E-state index < -0.39 is 82.1 Å². The van der Waals surface area contributed by atoms with Crippen molar-refractivity contribution in [3.05, 3.63) is 89.0 Å². The molecule has 14 heteroatoms. The van der Waals surface area contributed by atoms with Crippen LogP contribution >= 0.6 is 0 Å². The fourth-order valence-electron chi connectivity index (χ4n) is 7.17. The van der Waals surface area contributed by atoms with Gasteiger partial charge in [-0.1, -0.05) is 12.1 Å². The predicted molar refractivity (Wildman–Crippen MR) is 149 cm³/mol. The van der Waals surface area contributed by atoms with Crippen LogP contribution in [0, 0.1) is 23.5 Å². The Balaban J connectivity index is 1.47. The van der Waals surface area contributed by atoms with Gasteiger partial charge in [-0.2, -0.15) is 17.5 Å². The van der Waals surface area contributed by atoms with Crippen LogP contribution in [0.4, 0.5) is 22.0 Å². The molecule has 3 aromatic rings. The minimum absolute atomic E-state index is 0.000692. The zero-order chi connectivity index (χ0) is 31.7. The summed E-state index contributed by atoms with van der Waals surface area (Å²) >= 11 is 0. The topological polar surface area (TPSA) is 90.0 Å². The van der Waals surface area contributed by atoms with Crippen molar-refractivity contribution >= 4 is 19.9 Å².